The van der Waals surface area contributed by atoms with Crippen LogP contribution in [0.2, 0.25) is 0 Å². The fourth-order valence-corrected chi connectivity index (χ4v) is 3.48. The molecule has 4 heteroatoms. The van der Waals surface area contributed by atoms with Crippen LogP contribution in [0, 0.1) is 5.92 Å². The first-order chi connectivity index (χ1) is 9.13. The van der Waals surface area contributed by atoms with Crippen LogP contribution in [0.5, 0.6) is 0 Å². The highest BCUT2D eigenvalue weighted by Crippen LogP contribution is 2.32. The van der Waals surface area contributed by atoms with Crippen LogP contribution in [-0.4, -0.2) is 17.1 Å². The van der Waals surface area contributed by atoms with E-state index in [9.17, 15) is 9.90 Å². The third-order valence-corrected chi connectivity index (χ3v) is 4.66. The number of anilines is 1. The van der Waals surface area contributed by atoms with E-state index in [1.54, 1.807) is 6.07 Å². The summed E-state index contributed by atoms with van der Waals surface area (Å²) in [4.78, 5) is 11.4. The summed E-state index contributed by atoms with van der Waals surface area (Å²) in [6, 6.07) is 5.90. The second-order valence-corrected chi connectivity index (χ2v) is 6.03. The normalized spacial score (nSPS) is 23.1. The third kappa shape index (κ3) is 3.30. The van der Waals surface area contributed by atoms with Gasteiger partial charge in [0.2, 0.25) is 0 Å². The molecule has 0 heterocycles. The predicted molar refractivity (Wildman–Crippen MR) is 80.8 cm³/mol. The second-order valence-electron chi connectivity index (χ2n) is 5.17. The van der Waals surface area contributed by atoms with E-state index < -0.39 is 5.97 Å². The van der Waals surface area contributed by atoms with Crippen molar-refractivity contribution in [1.82, 2.24) is 0 Å². The molecule has 0 aliphatic heterocycles. The number of aromatic carboxylic acids is 1. The summed E-state index contributed by atoms with van der Waals surface area (Å²) in [7, 11) is 0. The number of hydrogen-bond acceptors (Lipinski definition) is 2. The Morgan fingerprint density at radius 2 is 2.16 bits per heavy atom. The van der Waals surface area contributed by atoms with E-state index in [2.05, 4.69) is 28.2 Å². The number of hydrogen-bond donors (Lipinski definition) is 2. The lowest BCUT2D eigenvalue weighted by atomic mass is 9.82. The Balaban J connectivity index is 2.22. The van der Waals surface area contributed by atoms with Gasteiger partial charge >= 0.3 is 5.97 Å². The van der Waals surface area contributed by atoms with Crippen LogP contribution in [0.1, 0.15) is 49.4 Å². The van der Waals surface area contributed by atoms with Gasteiger partial charge in [-0.1, -0.05) is 32.3 Å². The average Bonchev–Trinajstić information content (AvgIpc) is 2.39. The van der Waals surface area contributed by atoms with Crippen LogP contribution in [-0.2, 0) is 0 Å². The molecule has 1 fully saturated rings. The summed E-state index contributed by atoms with van der Waals surface area (Å²) in [6.45, 7) is 2.21. The molecule has 2 unspecified atom stereocenters. The fraction of sp³-hybridized carbons (Fsp3) is 0.533. The molecule has 3 nitrogen and oxygen atoms in total. The number of carboxylic acids is 1. The number of carbonyl (C=O) groups is 1. The van der Waals surface area contributed by atoms with Crippen molar-refractivity contribution >= 4 is 27.6 Å². The zero-order chi connectivity index (χ0) is 13.8. The van der Waals surface area contributed by atoms with Crippen LogP contribution in [0.15, 0.2) is 22.7 Å². The summed E-state index contributed by atoms with van der Waals surface area (Å²) in [5.74, 6) is -0.242. The number of halogens is 1. The molecule has 0 bridgehead atoms. The molecule has 104 valence electrons. The zero-order valence-electron chi connectivity index (χ0n) is 11.2. The monoisotopic (exact) mass is 325 g/mol. The molecular weight excluding hydrogens is 306 g/mol. The van der Waals surface area contributed by atoms with Crippen molar-refractivity contribution in [3.63, 3.8) is 0 Å². The minimum absolute atomic E-state index is 0.336. The molecule has 1 aliphatic carbocycles. The zero-order valence-corrected chi connectivity index (χ0v) is 12.7. The standard InChI is InChI=1S/C15H20BrNO2/c1-2-10-6-3-4-8-12(10)17-13-9-5-7-11(16)14(13)15(18)19/h5,7,9-10,12,17H,2-4,6,8H2,1H3,(H,18,19). The van der Waals surface area contributed by atoms with Crippen molar-refractivity contribution in [2.45, 2.75) is 45.1 Å². The molecule has 1 aromatic rings. The molecule has 1 aliphatic rings. The molecule has 2 rings (SSSR count). The second kappa shape index (κ2) is 6.42. The first-order valence-electron chi connectivity index (χ1n) is 6.91. The van der Waals surface area contributed by atoms with Gasteiger partial charge < -0.3 is 10.4 Å². The van der Waals surface area contributed by atoms with E-state index in [4.69, 9.17) is 0 Å². The topological polar surface area (TPSA) is 49.3 Å². The van der Waals surface area contributed by atoms with Gasteiger partial charge in [0.25, 0.3) is 0 Å². The first-order valence-corrected chi connectivity index (χ1v) is 7.71. The maximum absolute atomic E-state index is 11.4. The van der Waals surface area contributed by atoms with Crippen molar-refractivity contribution in [3.8, 4) is 0 Å². The molecule has 1 saturated carbocycles. The van der Waals surface area contributed by atoms with Crippen LogP contribution < -0.4 is 5.32 Å². The summed E-state index contributed by atoms with van der Waals surface area (Å²) in [5, 5.41) is 12.8. The summed E-state index contributed by atoms with van der Waals surface area (Å²) in [5.41, 5.74) is 1.06. The molecule has 19 heavy (non-hydrogen) atoms. The molecule has 0 aromatic heterocycles. The smallest absolute Gasteiger partial charge is 0.338 e. The van der Waals surface area contributed by atoms with Crippen molar-refractivity contribution < 1.29 is 9.90 Å². The highest BCUT2D eigenvalue weighted by atomic mass is 79.9. The Kier molecular flexibility index (Phi) is 4.86. The molecule has 0 saturated heterocycles. The van der Waals surface area contributed by atoms with Gasteiger partial charge in [-0.2, -0.15) is 0 Å². The third-order valence-electron chi connectivity index (χ3n) is 4.00. The van der Waals surface area contributed by atoms with E-state index in [1.165, 1.54) is 19.3 Å². The lowest BCUT2D eigenvalue weighted by molar-refractivity contribution is 0.0697. The van der Waals surface area contributed by atoms with E-state index in [0.29, 0.717) is 22.0 Å². The van der Waals surface area contributed by atoms with E-state index in [-0.39, 0.29) is 0 Å². The molecule has 2 atom stereocenters. The van der Waals surface area contributed by atoms with Crippen LogP contribution in [0.3, 0.4) is 0 Å². The highest BCUT2D eigenvalue weighted by molar-refractivity contribution is 9.10. The largest absolute Gasteiger partial charge is 0.478 e. The molecule has 0 radical (unpaired) electrons. The van der Waals surface area contributed by atoms with Gasteiger partial charge in [-0.25, -0.2) is 4.79 Å². The Labute approximate surface area is 122 Å². The molecule has 0 spiro atoms. The Morgan fingerprint density at radius 3 is 2.84 bits per heavy atom. The van der Waals surface area contributed by atoms with Gasteiger partial charge in [0.15, 0.2) is 0 Å². The molecular formula is C15H20BrNO2. The van der Waals surface area contributed by atoms with Crippen molar-refractivity contribution in [3.05, 3.63) is 28.2 Å². The lowest BCUT2D eigenvalue weighted by Crippen LogP contribution is -2.32. The van der Waals surface area contributed by atoms with Crippen molar-refractivity contribution in [2.24, 2.45) is 5.92 Å². The average molecular weight is 326 g/mol. The van der Waals surface area contributed by atoms with Crippen molar-refractivity contribution in [2.75, 3.05) is 5.32 Å². The number of carboxylic acid groups (broad SMARTS) is 1. The van der Waals surface area contributed by atoms with E-state index >= 15 is 0 Å². The molecule has 1 aromatic carbocycles. The Hall–Kier alpha value is -1.03. The minimum atomic E-state index is -0.890. The van der Waals surface area contributed by atoms with E-state index in [1.807, 2.05) is 12.1 Å². The molecule has 2 N–H and O–H groups in total. The maximum Gasteiger partial charge on any atom is 0.338 e. The summed E-state index contributed by atoms with van der Waals surface area (Å²) >= 11 is 3.32. The van der Waals surface area contributed by atoms with Crippen LogP contribution >= 0.6 is 15.9 Å². The lowest BCUT2D eigenvalue weighted by Gasteiger charge is -2.32. The molecule has 0 amide bonds. The van der Waals surface area contributed by atoms with Crippen LogP contribution in [0.25, 0.3) is 0 Å². The quantitative estimate of drug-likeness (QED) is 0.855. The van der Waals surface area contributed by atoms with Gasteiger partial charge in [0.05, 0.1) is 11.3 Å². The van der Waals surface area contributed by atoms with E-state index in [0.717, 1.165) is 18.5 Å². The van der Waals surface area contributed by atoms with Gasteiger partial charge in [0, 0.05) is 10.5 Å². The van der Waals surface area contributed by atoms with Crippen LogP contribution in [0.4, 0.5) is 5.69 Å². The predicted octanol–water partition coefficient (Wildman–Crippen LogP) is 4.53. The minimum Gasteiger partial charge on any atom is -0.478 e. The number of nitrogens with one attached hydrogen (secondary N) is 1. The van der Waals surface area contributed by atoms with Gasteiger partial charge in [0.1, 0.15) is 0 Å². The number of benzene rings is 1. The van der Waals surface area contributed by atoms with Gasteiger partial charge in [-0.3, -0.25) is 0 Å². The summed E-state index contributed by atoms with van der Waals surface area (Å²) < 4.78 is 0.633. The summed E-state index contributed by atoms with van der Waals surface area (Å²) in [6.07, 6.45) is 6.04. The van der Waals surface area contributed by atoms with Gasteiger partial charge in [-0.15, -0.1) is 0 Å². The van der Waals surface area contributed by atoms with Gasteiger partial charge in [-0.05, 0) is 46.8 Å². The SMILES string of the molecule is CCC1CCCCC1Nc1cccc(Br)c1C(=O)O. The number of rotatable bonds is 4. The Morgan fingerprint density at radius 1 is 1.42 bits per heavy atom. The Bertz CT molecular complexity index is 461. The van der Waals surface area contributed by atoms with Crippen molar-refractivity contribution in [1.29, 1.82) is 0 Å². The maximum atomic E-state index is 11.4. The highest BCUT2D eigenvalue weighted by Gasteiger charge is 2.25. The first kappa shape index (κ1) is 14.4. The fourth-order valence-electron chi connectivity index (χ4n) is 2.95.